The van der Waals surface area contributed by atoms with E-state index in [0.29, 0.717) is 13.0 Å². The van der Waals surface area contributed by atoms with Crippen LogP contribution in [-0.2, 0) is 18.3 Å². The van der Waals surface area contributed by atoms with E-state index in [2.05, 4.69) is 51.8 Å². The molecule has 1 heterocycles. The van der Waals surface area contributed by atoms with Crippen LogP contribution in [0.15, 0.2) is 24.4 Å². The number of carbonyl (C=O) groups is 2. The second-order valence-electron chi connectivity index (χ2n) is 6.14. The first-order chi connectivity index (χ1) is 11.9. The monoisotopic (exact) mass is 348 g/mol. The minimum Gasteiger partial charge on any atom is -0.352 e. The van der Waals surface area contributed by atoms with Gasteiger partial charge in [0.2, 0.25) is 5.91 Å². The molecule has 3 amide bonds. The standard InChI is InChI=1S/C18H25FN4O2/c1-12-4-5-15-14(11-23(3)16(15)10-12)6-8-21-18(25)22-13(2)17(24)20-9-7-19/h4-5,10-11,13H,6-9H2,1-3H3,(H,20,24)(H2,21,22,25)/t13-/m1/s1. The highest BCUT2D eigenvalue weighted by Gasteiger charge is 2.14. The van der Waals surface area contributed by atoms with Crippen molar-refractivity contribution in [1.82, 2.24) is 20.5 Å². The van der Waals surface area contributed by atoms with Gasteiger partial charge in [-0.25, -0.2) is 9.18 Å². The zero-order valence-electron chi connectivity index (χ0n) is 14.9. The molecule has 6 nitrogen and oxygen atoms in total. The first-order valence-electron chi connectivity index (χ1n) is 8.35. The Morgan fingerprint density at radius 2 is 2.00 bits per heavy atom. The number of aromatic nitrogens is 1. The number of hydrogen-bond donors (Lipinski definition) is 3. The van der Waals surface area contributed by atoms with E-state index in [1.807, 2.05) is 7.05 Å². The van der Waals surface area contributed by atoms with E-state index in [1.54, 1.807) is 6.92 Å². The van der Waals surface area contributed by atoms with Gasteiger partial charge in [0, 0.05) is 37.2 Å². The predicted octanol–water partition coefficient (Wildman–Crippen LogP) is 1.80. The third kappa shape index (κ3) is 4.95. The minimum atomic E-state index is -0.716. The predicted molar refractivity (Wildman–Crippen MR) is 96.3 cm³/mol. The Balaban J connectivity index is 1.84. The minimum absolute atomic E-state index is 0.0486. The number of hydrogen-bond acceptors (Lipinski definition) is 2. The summed E-state index contributed by atoms with van der Waals surface area (Å²) in [6, 6.07) is 5.17. The van der Waals surface area contributed by atoms with Crippen molar-refractivity contribution in [3.05, 3.63) is 35.5 Å². The maximum atomic E-state index is 12.0. The van der Waals surface area contributed by atoms with Crippen LogP contribution in [0.3, 0.4) is 0 Å². The van der Waals surface area contributed by atoms with Crippen LogP contribution in [0.2, 0.25) is 0 Å². The summed E-state index contributed by atoms with van der Waals surface area (Å²) in [6.07, 6.45) is 2.76. The van der Waals surface area contributed by atoms with Gasteiger partial charge in [0.05, 0.1) is 0 Å². The molecule has 0 unspecified atom stereocenters. The number of fused-ring (bicyclic) bond motifs is 1. The second kappa shape index (κ2) is 8.50. The van der Waals surface area contributed by atoms with Gasteiger partial charge in [-0.15, -0.1) is 0 Å². The highest BCUT2D eigenvalue weighted by atomic mass is 19.1. The molecule has 2 rings (SSSR count). The first-order valence-corrected chi connectivity index (χ1v) is 8.35. The molecule has 0 aliphatic rings. The Labute approximate surface area is 146 Å². The van der Waals surface area contributed by atoms with Crippen LogP contribution in [0, 0.1) is 6.92 Å². The lowest BCUT2D eigenvalue weighted by molar-refractivity contribution is -0.122. The third-order valence-corrected chi connectivity index (χ3v) is 4.04. The third-order valence-electron chi connectivity index (χ3n) is 4.04. The van der Waals surface area contributed by atoms with Crippen molar-refractivity contribution < 1.29 is 14.0 Å². The molecule has 0 aliphatic heterocycles. The molecule has 1 aromatic carbocycles. The van der Waals surface area contributed by atoms with Crippen LogP contribution in [0.25, 0.3) is 10.9 Å². The number of alkyl halides is 1. The second-order valence-corrected chi connectivity index (χ2v) is 6.14. The molecular formula is C18H25FN4O2. The molecule has 3 N–H and O–H groups in total. The van der Waals surface area contributed by atoms with Crippen molar-refractivity contribution in [3.8, 4) is 0 Å². The molecule has 0 saturated heterocycles. The first kappa shape index (κ1) is 18.8. The summed E-state index contributed by atoms with van der Waals surface area (Å²) in [5.41, 5.74) is 3.53. The summed E-state index contributed by atoms with van der Waals surface area (Å²) >= 11 is 0. The number of rotatable bonds is 7. The van der Waals surface area contributed by atoms with Crippen molar-refractivity contribution in [2.45, 2.75) is 26.3 Å². The zero-order valence-corrected chi connectivity index (χ0v) is 14.9. The average molecular weight is 348 g/mol. The summed E-state index contributed by atoms with van der Waals surface area (Å²) in [5, 5.41) is 8.84. The number of nitrogens with one attached hydrogen (secondary N) is 3. The summed E-state index contributed by atoms with van der Waals surface area (Å²) in [5.74, 6) is -0.405. The molecule has 25 heavy (non-hydrogen) atoms. The SMILES string of the molecule is Cc1ccc2c(CCNC(=O)N[C@H](C)C(=O)NCCF)cn(C)c2c1. The van der Waals surface area contributed by atoms with Gasteiger partial charge in [0.1, 0.15) is 12.7 Å². The Kier molecular flexibility index (Phi) is 6.38. The molecule has 0 bridgehead atoms. The molecule has 2 aromatic rings. The van der Waals surface area contributed by atoms with Gasteiger partial charge in [-0.2, -0.15) is 0 Å². The summed E-state index contributed by atoms with van der Waals surface area (Å²) in [7, 11) is 2.00. The van der Waals surface area contributed by atoms with Crippen molar-refractivity contribution in [2.75, 3.05) is 19.8 Å². The molecule has 136 valence electrons. The molecule has 0 fully saturated rings. The molecular weight excluding hydrogens is 323 g/mol. The fourth-order valence-corrected chi connectivity index (χ4v) is 2.72. The molecule has 0 radical (unpaired) electrons. The molecule has 0 aliphatic carbocycles. The number of benzene rings is 1. The van der Waals surface area contributed by atoms with Crippen LogP contribution in [-0.4, -0.2) is 42.3 Å². The van der Waals surface area contributed by atoms with Crippen molar-refractivity contribution in [1.29, 1.82) is 0 Å². The topological polar surface area (TPSA) is 75.2 Å². The van der Waals surface area contributed by atoms with Crippen LogP contribution < -0.4 is 16.0 Å². The maximum absolute atomic E-state index is 12.0. The van der Waals surface area contributed by atoms with Crippen LogP contribution >= 0.6 is 0 Å². The highest BCUT2D eigenvalue weighted by molar-refractivity contribution is 5.87. The van der Waals surface area contributed by atoms with Gasteiger partial charge in [0.25, 0.3) is 0 Å². The van der Waals surface area contributed by atoms with E-state index >= 15 is 0 Å². The van der Waals surface area contributed by atoms with E-state index in [1.165, 1.54) is 10.9 Å². The van der Waals surface area contributed by atoms with E-state index in [0.717, 1.165) is 11.1 Å². The Morgan fingerprint density at radius 1 is 1.24 bits per heavy atom. The quantitative estimate of drug-likeness (QED) is 0.714. The lowest BCUT2D eigenvalue weighted by Crippen LogP contribution is -2.49. The van der Waals surface area contributed by atoms with Crippen molar-refractivity contribution in [3.63, 3.8) is 0 Å². The highest BCUT2D eigenvalue weighted by Crippen LogP contribution is 2.22. The van der Waals surface area contributed by atoms with Crippen molar-refractivity contribution in [2.24, 2.45) is 7.05 Å². The van der Waals surface area contributed by atoms with Crippen LogP contribution in [0.5, 0.6) is 0 Å². The van der Waals surface area contributed by atoms with Gasteiger partial charge < -0.3 is 20.5 Å². The zero-order chi connectivity index (χ0) is 18.4. The number of carbonyl (C=O) groups excluding carboxylic acids is 2. The van der Waals surface area contributed by atoms with Crippen LogP contribution in [0.4, 0.5) is 9.18 Å². The van der Waals surface area contributed by atoms with Gasteiger partial charge >= 0.3 is 6.03 Å². The van der Waals surface area contributed by atoms with E-state index in [9.17, 15) is 14.0 Å². The fourth-order valence-electron chi connectivity index (χ4n) is 2.72. The molecule has 1 aromatic heterocycles. The summed E-state index contributed by atoms with van der Waals surface area (Å²) in [6.45, 7) is 3.39. The number of nitrogens with zero attached hydrogens (tertiary/aromatic N) is 1. The number of aryl methyl sites for hydroxylation is 2. The average Bonchev–Trinajstić information content (AvgIpc) is 2.88. The molecule has 1 atom stereocenters. The fraction of sp³-hybridized carbons (Fsp3) is 0.444. The smallest absolute Gasteiger partial charge is 0.315 e. The number of halogens is 1. The summed E-state index contributed by atoms with van der Waals surface area (Å²) in [4.78, 5) is 23.4. The maximum Gasteiger partial charge on any atom is 0.315 e. The molecule has 0 spiro atoms. The molecule has 0 saturated carbocycles. The summed E-state index contributed by atoms with van der Waals surface area (Å²) < 4.78 is 14.1. The van der Waals surface area contributed by atoms with Gasteiger partial charge in [-0.05, 0) is 37.5 Å². The van der Waals surface area contributed by atoms with Crippen LogP contribution in [0.1, 0.15) is 18.1 Å². The Morgan fingerprint density at radius 3 is 2.72 bits per heavy atom. The number of amides is 3. The largest absolute Gasteiger partial charge is 0.352 e. The van der Waals surface area contributed by atoms with Crippen molar-refractivity contribution >= 4 is 22.8 Å². The Hall–Kier alpha value is -2.57. The van der Waals surface area contributed by atoms with E-state index < -0.39 is 24.7 Å². The van der Waals surface area contributed by atoms with E-state index in [4.69, 9.17) is 0 Å². The van der Waals surface area contributed by atoms with E-state index in [-0.39, 0.29) is 6.54 Å². The Bertz CT molecular complexity index is 757. The normalized spacial score (nSPS) is 12.0. The molecule has 7 heteroatoms. The van der Waals surface area contributed by atoms with Gasteiger partial charge in [0.15, 0.2) is 0 Å². The van der Waals surface area contributed by atoms with Gasteiger partial charge in [-0.3, -0.25) is 4.79 Å². The number of urea groups is 1. The lowest BCUT2D eigenvalue weighted by Gasteiger charge is -2.14. The van der Waals surface area contributed by atoms with Gasteiger partial charge in [-0.1, -0.05) is 12.1 Å². The lowest BCUT2D eigenvalue weighted by atomic mass is 10.1.